The van der Waals surface area contributed by atoms with E-state index in [4.69, 9.17) is 0 Å². The van der Waals surface area contributed by atoms with E-state index in [2.05, 4.69) is 20.4 Å². The fourth-order valence-electron chi connectivity index (χ4n) is 5.51. The van der Waals surface area contributed by atoms with Crippen molar-refractivity contribution < 1.29 is 32.6 Å². The molecule has 46 heavy (non-hydrogen) atoms. The Balaban J connectivity index is 1.25. The molecule has 12 heteroatoms. The number of hydrogen-bond donors (Lipinski definition) is 3. The van der Waals surface area contributed by atoms with E-state index < -0.39 is 24.4 Å². The van der Waals surface area contributed by atoms with E-state index >= 15 is 0 Å². The van der Waals surface area contributed by atoms with Crippen LogP contribution in [-0.2, 0) is 13.0 Å². The summed E-state index contributed by atoms with van der Waals surface area (Å²) >= 11 is 1.54. The quantitative estimate of drug-likeness (QED) is 0.178. The average Bonchev–Trinajstić information content (AvgIpc) is 3.69. The second-order valence-corrected chi connectivity index (χ2v) is 12.1. The van der Waals surface area contributed by atoms with Gasteiger partial charge < -0.3 is 25.4 Å². The molecule has 1 saturated heterocycles. The lowest BCUT2D eigenvalue weighted by atomic mass is 10.00. The number of aliphatic hydroxyl groups is 1. The number of carbonyl (C=O) groups excluding carboxylic acids is 2. The van der Waals surface area contributed by atoms with E-state index in [1.54, 1.807) is 41.7 Å². The third-order valence-corrected chi connectivity index (χ3v) is 8.77. The summed E-state index contributed by atoms with van der Waals surface area (Å²) in [6.45, 7) is 2.75. The summed E-state index contributed by atoms with van der Waals surface area (Å²) in [6.07, 6.45) is -3.81. The van der Waals surface area contributed by atoms with Crippen molar-refractivity contribution in [1.29, 1.82) is 0 Å². The van der Waals surface area contributed by atoms with Gasteiger partial charge in [-0.15, -0.1) is 24.5 Å². The number of rotatable bonds is 12. The Labute approximate surface area is 269 Å². The first-order valence-corrected chi connectivity index (χ1v) is 15.8. The lowest BCUT2D eigenvalue weighted by molar-refractivity contribution is -0.274. The van der Waals surface area contributed by atoms with Crippen LogP contribution in [0.3, 0.4) is 0 Å². The standard InChI is InChI=1S/C34H35F3N4O4S/c1-22-21-46-32(39-22)29-14-7-15-41(29)33(44)26-12-6-11-25(18-26)31(43)40-28(17-23-8-3-2-4-9-23)30(42)20-38-19-24-10-5-13-27(16-24)45-34(35,36)37/h2-6,8-13,16,18,21,28-30,38,42H,7,14-15,17,19-20H2,1H3,(H,40,43)/t28-,29+,30-/m0/s1. The van der Waals surface area contributed by atoms with Crippen LogP contribution in [0.1, 0.15) is 61.4 Å². The van der Waals surface area contributed by atoms with Gasteiger partial charge in [0.2, 0.25) is 0 Å². The van der Waals surface area contributed by atoms with Crippen LogP contribution in [0.4, 0.5) is 13.2 Å². The van der Waals surface area contributed by atoms with Crippen LogP contribution >= 0.6 is 11.3 Å². The Morgan fingerprint density at radius 3 is 2.52 bits per heavy atom. The molecule has 3 N–H and O–H groups in total. The first-order valence-electron chi connectivity index (χ1n) is 15.0. The Morgan fingerprint density at radius 1 is 1.04 bits per heavy atom. The maximum absolute atomic E-state index is 13.6. The van der Waals surface area contributed by atoms with E-state index in [9.17, 15) is 27.9 Å². The number of ether oxygens (including phenoxy) is 1. The Bertz CT molecular complexity index is 1630. The molecule has 1 aliphatic rings. The summed E-state index contributed by atoms with van der Waals surface area (Å²) < 4.78 is 41.8. The summed E-state index contributed by atoms with van der Waals surface area (Å²) in [7, 11) is 0. The summed E-state index contributed by atoms with van der Waals surface area (Å²) in [5.41, 5.74) is 3.03. The zero-order valence-corrected chi connectivity index (χ0v) is 26.0. The number of amides is 2. The third-order valence-electron chi connectivity index (χ3n) is 7.70. The number of nitrogens with zero attached hydrogens (tertiary/aromatic N) is 2. The van der Waals surface area contributed by atoms with Gasteiger partial charge in [-0.1, -0.05) is 48.5 Å². The minimum atomic E-state index is -4.80. The Kier molecular flexibility index (Phi) is 10.7. The van der Waals surface area contributed by atoms with Crippen LogP contribution in [0.15, 0.2) is 84.2 Å². The minimum absolute atomic E-state index is 0.0488. The van der Waals surface area contributed by atoms with Crippen LogP contribution < -0.4 is 15.4 Å². The molecule has 5 rings (SSSR count). The number of benzene rings is 3. The fraction of sp³-hybridized carbons (Fsp3) is 0.324. The van der Waals surface area contributed by atoms with Crippen molar-refractivity contribution in [2.45, 2.75) is 57.3 Å². The lowest BCUT2D eigenvalue weighted by Gasteiger charge is -2.25. The van der Waals surface area contributed by atoms with Gasteiger partial charge in [0.25, 0.3) is 11.8 Å². The highest BCUT2D eigenvalue weighted by atomic mass is 32.1. The van der Waals surface area contributed by atoms with Crippen LogP contribution in [0.2, 0.25) is 0 Å². The van der Waals surface area contributed by atoms with Gasteiger partial charge in [0.05, 0.1) is 18.2 Å². The van der Waals surface area contributed by atoms with Crippen molar-refractivity contribution in [2.75, 3.05) is 13.1 Å². The zero-order chi connectivity index (χ0) is 32.7. The largest absolute Gasteiger partial charge is 0.573 e. The number of halogens is 3. The highest BCUT2D eigenvalue weighted by molar-refractivity contribution is 7.09. The number of aliphatic hydroxyl groups excluding tert-OH is 1. The van der Waals surface area contributed by atoms with E-state index in [1.807, 2.05) is 47.5 Å². The number of likely N-dealkylation sites (tertiary alicyclic amines) is 1. The van der Waals surface area contributed by atoms with Gasteiger partial charge in [0, 0.05) is 41.8 Å². The van der Waals surface area contributed by atoms with E-state index in [0.717, 1.165) is 29.1 Å². The van der Waals surface area contributed by atoms with Gasteiger partial charge in [-0.25, -0.2) is 4.98 Å². The molecule has 0 radical (unpaired) electrons. The molecule has 0 unspecified atom stereocenters. The predicted octanol–water partition coefficient (Wildman–Crippen LogP) is 5.82. The number of carbonyl (C=O) groups is 2. The molecule has 0 bridgehead atoms. The molecule has 1 fully saturated rings. The molecule has 1 aromatic heterocycles. The monoisotopic (exact) mass is 652 g/mol. The smallest absolute Gasteiger partial charge is 0.406 e. The van der Waals surface area contributed by atoms with Crippen molar-refractivity contribution >= 4 is 23.2 Å². The molecular formula is C34H35F3N4O4S. The lowest BCUT2D eigenvalue weighted by Crippen LogP contribution is -2.48. The molecule has 0 spiro atoms. The number of aryl methyl sites for hydroxylation is 1. The molecule has 2 heterocycles. The first kappa shape index (κ1) is 33.1. The number of alkyl halides is 3. The molecule has 242 valence electrons. The van der Waals surface area contributed by atoms with E-state index in [0.29, 0.717) is 24.1 Å². The van der Waals surface area contributed by atoms with Crippen LogP contribution in [0.5, 0.6) is 5.75 Å². The predicted molar refractivity (Wildman–Crippen MR) is 169 cm³/mol. The second kappa shape index (κ2) is 14.9. The Hall–Kier alpha value is -4.26. The van der Waals surface area contributed by atoms with Crippen LogP contribution in [0.25, 0.3) is 0 Å². The van der Waals surface area contributed by atoms with Crippen molar-refractivity contribution in [2.24, 2.45) is 0 Å². The number of hydrogen-bond acceptors (Lipinski definition) is 7. The summed E-state index contributed by atoms with van der Waals surface area (Å²) in [5, 5.41) is 20.0. The first-order chi connectivity index (χ1) is 22.1. The van der Waals surface area contributed by atoms with Gasteiger partial charge in [-0.2, -0.15) is 0 Å². The molecular weight excluding hydrogens is 617 g/mol. The molecule has 0 saturated carbocycles. The third kappa shape index (κ3) is 8.93. The molecule has 3 aromatic carbocycles. The summed E-state index contributed by atoms with van der Waals surface area (Å²) in [5.74, 6) is -0.944. The van der Waals surface area contributed by atoms with Crippen LogP contribution in [-0.4, -0.2) is 58.4 Å². The SMILES string of the molecule is Cc1csc([C@H]2CCCN2C(=O)c2cccc(C(=O)N[C@@H](Cc3ccccc3)[C@@H](O)CNCc3cccc(OC(F)(F)F)c3)c2)n1. The van der Waals surface area contributed by atoms with E-state index in [-0.39, 0.29) is 36.4 Å². The van der Waals surface area contributed by atoms with Gasteiger partial charge in [-0.05, 0) is 67.6 Å². The Morgan fingerprint density at radius 2 is 1.78 bits per heavy atom. The topological polar surface area (TPSA) is 104 Å². The fourth-order valence-corrected chi connectivity index (χ4v) is 6.46. The zero-order valence-electron chi connectivity index (χ0n) is 25.2. The van der Waals surface area contributed by atoms with Crippen molar-refractivity contribution in [3.63, 3.8) is 0 Å². The average molecular weight is 653 g/mol. The number of aromatic nitrogens is 1. The van der Waals surface area contributed by atoms with Crippen LogP contribution in [0, 0.1) is 6.92 Å². The summed E-state index contributed by atoms with van der Waals surface area (Å²) in [4.78, 5) is 33.5. The highest BCUT2D eigenvalue weighted by Gasteiger charge is 2.33. The highest BCUT2D eigenvalue weighted by Crippen LogP contribution is 2.35. The molecule has 8 nitrogen and oxygen atoms in total. The van der Waals surface area contributed by atoms with E-state index in [1.165, 1.54) is 18.2 Å². The number of thiazole rings is 1. The van der Waals surface area contributed by atoms with Crippen molar-refractivity contribution in [3.05, 3.63) is 117 Å². The van der Waals surface area contributed by atoms with Gasteiger partial charge in [-0.3, -0.25) is 9.59 Å². The number of nitrogens with one attached hydrogen (secondary N) is 2. The second-order valence-electron chi connectivity index (χ2n) is 11.2. The maximum atomic E-state index is 13.6. The molecule has 2 amide bonds. The normalized spacial score (nSPS) is 16.2. The van der Waals surface area contributed by atoms with Gasteiger partial charge >= 0.3 is 6.36 Å². The molecule has 1 aliphatic heterocycles. The maximum Gasteiger partial charge on any atom is 0.573 e. The van der Waals surface area contributed by atoms with Crippen molar-refractivity contribution in [3.8, 4) is 5.75 Å². The van der Waals surface area contributed by atoms with Crippen molar-refractivity contribution in [1.82, 2.24) is 20.5 Å². The molecule has 0 aliphatic carbocycles. The summed E-state index contributed by atoms with van der Waals surface area (Å²) in [6, 6.07) is 20.7. The molecule has 4 aromatic rings. The van der Waals surface area contributed by atoms with Gasteiger partial charge in [0.15, 0.2) is 0 Å². The molecule has 3 atom stereocenters. The van der Waals surface area contributed by atoms with Gasteiger partial charge in [0.1, 0.15) is 10.8 Å². The minimum Gasteiger partial charge on any atom is -0.406 e.